The first-order valence-corrected chi connectivity index (χ1v) is 6.54. The second-order valence-electron chi connectivity index (χ2n) is 3.62. The van der Waals surface area contributed by atoms with Gasteiger partial charge in [0.25, 0.3) is 0 Å². The van der Waals surface area contributed by atoms with Crippen molar-refractivity contribution >= 4 is 40.5 Å². The number of aromatic nitrogens is 1. The van der Waals surface area contributed by atoms with Crippen molar-refractivity contribution in [3.8, 4) is 10.6 Å². The predicted octanol–water partition coefficient (Wildman–Crippen LogP) is 4.83. The van der Waals surface area contributed by atoms with E-state index in [1.54, 1.807) is 0 Å². The van der Waals surface area contributed by atoms with E-state index >= 15 is 0 Å². The van der Waals surface area contributed by atoms with Gasteiger partial charge in [-0.2, -0.15) is 13.2 Å². The van der Waals surface area contributed by atoms with E-state index in [1.165, 1.54) is 18.2 Å². The highest BCUT2D eigenvalue weighted by Gasteiger charge is 2.40. The van der Waals surface area contributed by atoms with Gasteiger partial charge >= 0.3 is 12.1 Å². The van der Waals surface area contributed by atoms with E-state index < -0.39 is 22.7 Å². The largest absolute Gasteiger partial charge is 0.477 e. The Morgan fingerprint density at radius 1 is 1.30 bits per heavy atom. The van der Waals surface area contributed by atoms with Gasteiger partial charge in [-0.05, 0) is 18.2 Å². The van der Waals surface area contributed by atoms with Crippen molar-refractivity contribution in [3.05, 3.63) is 38.8 Å². The van der Waals surface area contributed by atoms with Crippen molar-refractivity contribution in [2.24, 2.45) is 0 Å². The Morgan fingerprint density at radius 3 is 2.40 bits per heavy atom. The SMILES string of the molecule is O=C(O)c1sc(-c2ccc(Cl)cc2Cl)nc1C(F)(F)F. The van der Waals surface area contributed by atoms with Crippen LogP contribution in [0.2, 0.25) is 10.0 Å². The maximum absolute atomic E-state index is 12.7. The molecule has 1 N–H and O–H groups in total. The van der Waals surface area contributed by atoms with Crippen molar-refractivity contribution in [2.75, 3.05) is 0 Å². The zero-order valence-electron chi connectivity index (χ0n) is 9.33. The van der Waals surface area contributed by atoms with Crippen LogP contribution >= 0.6 is 34.5 Å². The minimum Gasteiger partial charge on any atom is -0.477 e. The van der Waals surface area contributed by atoms with Gasteiger partial charge in [0, 0.05) is 10.6 Å². The summed E-state index contributed by atoms with van der Waals surface area (Å²) >= 11 is 12.0. The molecule has 0 bridgehead atoms. The fraction of sp³-hybridized carbons (Fsp3) is 0.0909. The third-order valence-electron chi connectivity index (χ3n) is 2.25. The van der Waals surface area contributed by atoms with Crippen LogP contribution in [0.15, 0.2) is 18.2 Å². The number of carboxylic acid groups (broad SMARTS) is 1. The number of benzene rings is 1. The number of rotatable bonds is 2. The van der Waals surface area contributed by atoms with E-state index in [9.17, 15) is 18.0 Å². The quantitative estimate of drug-likeness (QED) is 0.850. The molecule has 0 unspecified atom stereocenters. The lowest BCUT2D eigenvalue weighted by Crippen LogP contribution is -2.11. The van der Waals surface area contributed by atoms with Gasteiger partial charge in [0.05, 0.1) is 5.02 Å². The summed E-state index contributed by atoms with van der Waals surface area (Å²) in [5, 5.41) is 9.09. The van der Waals surface area contributed by atoms with E-state index in [2.05, 4.69) is 4.98 Å². The smallest absolute Gasteiger partial charge is 0.435 e. The molecule has 106 valence electrons. The van der Waals surface area contributed by atoms with Crippen LogP contribution in [-0.4, -0.2) is 16.1 Å². The van der Waals surface area contributed by atoms with Crippen molar-refractivity contribution < 1.29 is 23.1 Å². The number of alkyl halides is 3. The Morgan fingerprint density at radius 2 is 1.95 bits per heavy atom. The molecule has 0 atom stereocenters. The number of thiazole rings is 1. The zero-order valence-corrected chi connectivity index (χ0v) is 11.7. The molecule has 0 aliphatic rings. The first kappa shape index (κ1) is 15.1. The van der Waals surface area contributed by atoms with Crippen LogP contribution in [0.25, 0.3) is 10.6 Å². The Kier molecular flexibility index (Phi) is 3.95. The number of hydrogen-bond acceptors (Lipinski definition) is 3. The van der Waals surface area contributed by atoms with E-state index in [1.807, 2.05) is 0 Å². The summed E-state index contributed by atoms with van der Waals surface area (Å²) in [7, 11) is 0. The highest BCUT2D eigenvalue weighted by molar-refractivity contribution is 7.17. The molecule has 20 heavy (non-hydrogen) atoms. The average molecular weight is 342 g/mol. The number of nitrogens with zero attached hydrogens (tertiary/aromatic N) is 1. The standard InChI is InChI=1S/C11H4Cl2F3NO2S/c12-4-1-2-5(6(13)3-4)9-17-8(11(14,15)16)7(20-9)10(18)19/h1-3H,(H,18,19). The first-order chi connectivity index (χ1) is 9.20. The summed E-state index contributed by atoms with van der Waals surface area (Å²) in [4.78, 5) is 13.3. The summed E-state index contributed by atoms with van der Waals surface area (Å²) in [5.74, 6) is -1.69. The molecule has 0 amide bonds. The van der Waals surface area contributed by atoms with Crippen LogP contribution < -0.4 is 0 Å². The molecule has 2 rings (SSSR count). The second-order valence-corrected chi connectivity index (χ2v) is 5.47. The average Bonchev–Trinajstić information content (AvgIpc) is 2.73. The third kappa shape index (κ3) is 2.89. The molecular weight excluding hydrogens is 338 g/mol. The third-order valence-corrected chi connectivity index (χ3v) is 3.88. The van der Waals surface area contributed by atoms with Gasteiger partial charge < -0.3 is 5.11 Å². The highest BCUT2D eigenvalue weighted by atomic mass is 35.5. The summed E-state index contributed by atoms with van der Waals surface area (Å²) in [5.41, 5.74) is -1.24. The molecule has 1 aromatic heterocycles. The zero-order chi connectivity index (χ0) is 15.1. The number of carbonyl (C=O) groups is 1. The molecule has 1 aromatic carbocycles. The van der Waals surface area contributed by atoms with E-state index in [-0.39, 0.29) is 15.6 Å². The molecular formula is C11H4Cl2F3NO2S. The molecule has 0 aliphatic heterocycles. The molecule has 0 radical (unpaired) electrons. The Bertz CT molecular complexity index is 685. The Labute approximate surface area is 124 Å². The molecule has 0 spiro atoms. The molecule has 0 saturated heterocycles. The number of carboxylic acids is 1. The van der Waals surface area contributed by atoms with Gasteiger partial charge in [-0.3, -0.25) is 0 Å². The number of hydrogen-bond donors (Lipinski definition) is 1. The van der Waals surface area contributed by atoms with Crippen LogP contribution in [0.3, 0.4) is 0 Å². The van der Waals surface area contributed by atoms with Crippen molar-refractivity contribution in [1.29, 1.82) is 0 Å². The minimum atomic E-state index is -4.85. The highest BCUT2D eigenvalue weighted by Crippen LogP contribution is 2.39. The lowest BCUT2D eigenvalue weighted by molar-refractivity contribution is -0.141. The topological polar surface area (TPSA) is 50.2 Å². The normalized spacial score (nSPS) is 11.7. The van der Waals surface area contributed by atoms with Crippen molar-refractivity contribution in [3.63, 3.8) is 0 Å². The van der Waals surface area contributed by atoms with E-state index in [4.69, 9.17) is 28.3 Å². The lowest BCUT2D eigenvalue weighted by Gasteiger charge is -2.03. The fourth-order valence-electron chi connectivity index (χ4n) is 1.44. The molecule has 9 heteroatoms. The Balaban J connectivity index is 2.62. The van der Waals surface area contributed by atoms with Crippen LogP contribution in [0.1, 0.15) is 15.4 Å². The molecule has 0 fully saturated rings. The van der Waals surface area contributed by atoms with Gasteiger partial charge in [0.15, 0.2) is 5.69 Å². The molecule has 0 aliphatic carbocycles. The number of aromatic carboxylic acids is 1. The summed E-state index contributed by atoms with van der Waals surface area (Å²) < 4.78 is 38.2. The van der Waals surface area contributed by atoms with Gasteiger partial charge in [0.2, 0.25) is 0 Å². The lowest BCUT2D eigenvalue weighted by atomic mass is 10.2. The summed E-state index contributed by atoms with van der Waals surface area (Å²) in [6.45, 7) is 0. The maximum Gasteiger partial charge on any atom is 0.435 e. The summed E-state index contributed by atoms with van der Waals surface area (Å²) in [6.07, 6.45) is -4.85. The minimum absolute atomic E-state index is 0.0944. The van der Waals surface area contributed by atoms with Crippen LogP contribution in [-0.2, 0) is 6.18 Å². The maximum atomic E-state index is 12.7. The van der Waals surface area contributed by atoms with E-state index in [0.29, 0.717) is 16.4 Å². The van der Waals surface area contributed by atoms with Crippen molar-refractivity contribution in [1.82, 2.24) is 4.98 Å². The molecule has 3 nitrogen and oxygen atoms in total. The predicted molar refractivity (Wildman–Crippen MR) is 69.5 cm³/mol. The summed E-state index contributed by atoms with van der Waals surface area (Å²) in [6, 6.07) is 4.15. The van der Waals surface area contributed by atoms with Crippen LogP contribution in [0.4, 0.5) is 13.2 Å². The number of halogens is 5. The first-order valence-electron chi connectivity index (χ1n) is 4.97. The fourth-order valence-corrected chi connectivity index (χ4v) is 2.95. The van der Waals surface area contributed by atoms with Crippen LogP contribution in [0.5, 0.6) is 0 Å². The van der Waals surface area contributed by atoms with Crippen LogP contribution in [0, 0.1) is 0 Å². The van der Waals surface area contributed by atoms with Gasteiger partial charge in [-0.15, -0.1) is 11.3 Å². The van der Waals surface area contributed by atoms with Gasteiger partial charge in [-0.1, -0.05) is 23.2 Å². The van der Waals surface area contributed by atoms with Crippen molar-refractivity contribution in [2.45, 2.75) is 6.18 Å². The van der Waals surface area contributed by atoms with Gasteiger partial charge in [-0.25, -0.2) is 9.78 Å². The Hall–Kier alpha value is -1.31. The molecule has 1 heterocycles. The van der Waals surface area contributed by atoms with E-state index in [0.717, 1.165) is 0 Å². The second kappa shape index (κ2) is 5.23. The monoisotopic (exact) mass is 341 g/mol. The molecule has 2 aromatic rings. The van der Waals surface area contributed by atoms with Gasteiger partial charge in [0.1, 0.15) is 9.88 Å². The molecule has 0 saturated carbocycles.